The lowest BCUT2D eigenvalue weighted by atomic mass is 10.3. The fourth-order valence-corrected chi connectivity index (χ4v) is 0.648. The molecule has 0 saturated carbocycles. The second kappa shape index (κ2) is 5.48. The first-order valence-corrected chi connectivity index (χ1v) is 3.92. The molecular weight excluding hydrogens is 198 g/mol. The highest BCUT2D eigenvalue weighted by Crippen LogP contribution is 2.10. The van der Waals surface area contributed by atoms with Crippen LogP contribution < -0.4 is 10.6 Å². The van der Waals surface area contributed by atoms with Gasteiger partial charge in [0.05, 0.1) is 6.54 Å². The molecule has 0 aromatic heterocycles. The highest BCUT2D eigenvalue weighted by atomic mass is 19.3. The van der Waals surface area contributed by atoms with E-state index < -0.39 is 18.4 Å². The third-order valence-electron chi connectivity index (χ3n) is 1.34. The minimum atomic E-state index is -3.77. The summed E-state index contributed by atoms with van der Waals surface area (Å²) >= 11 is 0. The van der Waals surface area contributed by atoms with Crippen molar-refractivity contribution in [1.29, 1.82) is 0 Å². The van der Waals surface area contributed by atoms with E-state index in [-0.39, 0.29) is 19.0 Å². The van der Waals surface area contributed by atoms with Gasteiger partial charge in [-0.1, -0.05) is 0 Å². The fraction of sp³-hybridized carbons (Fsp3) is 0.714. The topological polar surface area (TPSA) is 78.4 Å². The molecule has 3 N–H and O–H groups in total. The zero-order valence-corrected chi connectivity index (χ0v) is 7.64. The van der Waals surface area contributed by atoms with E-state index in [1.807, 2.05) is 0 Å². The molecule has 0 aliphatic carbocycles. The molecule has 1 amide bonds. The Morgan fingerprint density at radius 1 is 1.36 bits per heavy atom. The molecule has 0 unspecified atom stereocenters. The maximum absolute atomic E-state index is 12.4. The first-order valence-electron chi connectivity index (χ1n) is 3.92. The molecule has 0 bridgehead atoms. The summed E-state index contributed by atoms with van der Waals surface area (Å²) in [4.78, 5) is 20.3. The lowest BCUT2D eigenvalue weighted by Crippen LogP contribution is -2.42. The van der Waals surface area contributed by atoms with Gasteiger partial charge in [0.2, 0.25) is 5.91 Å². The molecule has 0 fully saturated rings. The number of halogens is 2. The van der Waals surface area contributed by atoms with Crippen LogP contribution in [0.25, 0.3) is 0 Å². The van der Waals surface area contributed by atoms with Gasteiger partial charge in [0, 0.05) is 20.0 Å². The predicted molar refractivity (Wildman–Crippen MR) is 44.1 cm³/mol. The average molecular weight is 210 g/mol. The van der Waals surface area contributed by atoms with Crippen molar-refractivity contribution in [3.8, 4) is 0 Å². The minimum absolute atomic E-state index is 0.0997. The Morgan fingerprint density at radius 3 is 2.36 bits per heavy atom. The molecule has 0 atom stereocenters. The van der Waals surface area contributed by atoms with E-state index in [1.54, 1.807) is 0 Å². The summed E-state index contributed by atoms with van der Waals surface area (Å²) in [6.45, 7) is 0.640. The van der Waals surface area contributed by atoms with Gasteiger partial charge in [0.15, 0.2) is 0 Å². The number of amides is 1. The van der Waals surface area contributed by atoms with Crippen molar-refractivity contribution in [2.24, 2.45) is 0 Å². The summed E-state index contributed by atoms with van der Waals surface area (Å²) in [5, 5.41) is 12.6. The van der Waals surface area contributed by atoms with Gasteiger partial charge in [-0.25, -0.2) is 4.79 Å². The quantitative estimate of drug-likeness (QED) is 0.513. The Balaban J connectivity index is 3.54. The molecule has 0 aliphatic heterocycles. The van der Waals surface area contributed by atoms with Crippen LogP contribution >= 0.6 is 0 Å². The molecule has 0 aliphatic rings. The monoisotopic (exact) mass is 210 g/mol. The first-order chi connectivity index (χ1) is 6.36. The van der Waals surface area contributed by atoms with Crippen LogP contribution in [0, 0.1) is 0 Å². The predicted octanol–water partition coefficient (Wildman–Crippen LogP) is -0.568. The number of carbonyl (C=O) groups is 2. The van der Waals surface area contributed by atoms with E-state index in [0.29, 0.717) is 0 Å². The van der Waals surface area contributed by atoms with Crippen LogP contribution in [0.4, 0.5) is 8.78 Å². The smallest absolute Gasteiger partial charge is 0.375 e. The number of aliphatic carboxylic acids is 1. The summed E-state index contributed by atoms with van der Waals surface area (Å²) in [5.41, 5.74) is 0. The molecule has 0 aromatic carbocycles. The number of carboxylic acid groups (broad SMARTS) is 1. The summed E-state index contributed by atoms with van der Waals surface area (Å²) in [6.07, 6.45) is 0. The van der Waals surface area contributed by atoms with Crippen molar-refractivity contribution < 1.29 is 23.5 Å². The number of rotatable bonds is 6. The number of nitrogens with one attached hydrogen (secondary N) is 2. The van der Waals surface area contributed by atoms with Gasteiger partial charge in [-0.2, -0.15) is 8.78 Å². The van der Waals surface area contributed by atoms with Gasteiger partial charge in [-0.15, -0.1) is 0 Å². The zero-order valence-electron chi connectivity index (χ0n) is 7.64. The zero-order chi connectivity index (χ0) is 11.2. The Hall–Kier alpha value is -1.24. The van der Waals surface area contributed by atoms with Crippen LogP contribution in [0.15, 0.2) is 0 Å². The van der Waals surface area contributed by atoms with Crippen LogP contribution in [-0.4, -0.2) is 42.5 Å². The number of carbonyl (C=O) groups excluding carboxylic acids is 1. The van der Waals surface area contributed by atoms with Crippen LogP contribution in [0.2, 0.25) is 0 Å². The van der Waals surface area contributed by atoms with Crippen molar-refractivity contribution in [2.45, 2.75) is 12.8 Å². The summed E-state index contributed by atoms with van der Waals surface area (Å²) < 4.78 is 24.8. The Kier molecular flexibility index (Phi) is 5.00. The summed E-state index contributed by atoms with van der Waals surface area (Å²) in [7, 11) is 0. The molecule has 82 valence electrons. The standard InChI is InChI=1S/C7H12F2N2O3/c1-5(12)11-3-2-10-4-7(8,9)6(13)14/h10H,2-4H2,1H3,(H,11,12)(H,13,14). The van der Waals surface area contributed by atoms with E-state index in [1.165, 1.54) is 6.92 Å². The van der Waals surface area contributed by atoms with Gasteiger partial charge in [-0.3, -0.25) is 4.79 Å². The molecule has 7 heteroatoms. The molecule has 0 saturated heterocycles. The van der Waals surface area contributed by atoms with Crippen molar-refractivity contribution >= 4 is 11.9 Å². The van der Waals surface area contributed by atoms with E-state index in [9.17, 15) is 18.4 Å². The van der Waals surface area contributed by atoms with Gasteiger partial charge >= 0.3 is 11.9 Å². The number of hydrogen-bond acceptors (Lipinski definition) is 3. The van der Waals surface area contributed by atoms with Gasteiger partial charge in [0.1, 0.15) is 0 Å². The Bertz CT molecular complexity index is 221. The highest BCUT2D eigenvalue weighted by Gasteiger charge is 2.37. The normalized spacial score (nSPS) is 11.1. The summed E-state index contributed by atoms with van der Waals surface area (Å²) in [5.74, 6) is -6.20. The van der Waals surface area contributed by atoms with Crippen LogP contribution in [0.1, 0.15) is 6.92 Å². The number of carboxylic acids is 1. The lowest BCUT2D eigenvalue weighted by Gasteiger charge is -2.11. The second-order valence-corrected chi connectivity index (χ2v) is 2.67. The average Bonchev–Trinajstić information content (AvgIpc) is 2.02. The SMILES string of the molecule is CC(=O)NCCNCC(F)(F)C(=O)O. The van der Waals surface area contributed by atoms with E-state index in [0.717, 1.165) is 0 Å². The van der Waals surface area contributed by atoms with Gasteiger partial charge < -0.3 is 15.7 Å². The molecule has 14 heavy (non-hydrogen) atoms. The molecule has 0 aromatic rings. The highest BCUT2D eigenvalue weighted by molar-refractivity contribution is 5.75. The largest absolute Gasteiger partial charge is 0.477 e. The first kappa shape index (κ1) is 12.8. The molecule has 0 spiro atoms. The third-order valence-corrected chi connectivity index (χ3v) is 1.34. The Labute approximate surface area is 79.5 Å². The van der Waals surface area contributed by atoms with Crippen molar-refractivity contribution in [1.82, 2.24) is 10.6 Å². The second-order valence-electron chi connectivity index (χ2n) is 2.67. The molecule has 0 rings (SSSR count). The van der Waals surface area contributed by atoms with Crippen molar-refractivity contribution in [2.75, 3.05) is 19.6 Å². The number of alkyl halides is 2. The maximum Gasteiger partial charge on any atom is 0.375 e. The van der Waals surface area contributed by atoms with Gasteiger partial charge in [-0.05, 0) is 0 Å². The lowest BCUT2D eigenvalue weighted by molar-refractivity contribution is -0.164. The van der Waals surface area contributed by atoms with Crippen LogP contribution in [0.3, 0.4) is 0 Å². The Morgan fingerprint density at radius 2 is 1.93 bits per heavy atom. The number of hydrogen-bond donors (Lipinski definition) is 3. The van der Waals surface area contributed by atoms with Crippen LogP contribution in [-0.2, 0) is 9.59 Å². The molecule has 0 heterocycles. The maximum atomic E-state index is 12.4. The van der Waals surface area contributed by atoms with Crippen molar-refractivity contribution in [3.05, 3.63) is 0 Å². The molecule has 5 nitrogen and oxygen atoms in total. The molecular formula is C7H12F2N2O3. The molecule has 0 radical (unpaired) electrons. The third kappa shape index (κ3) is 5.41. The van der Waals surface area contributed by atoms with Crippen LogP contribution in [0.5, 0.6) is 0 Å². The van der Waals surface area contributed by atoms with E-state index in [4.69, 9.17) is 5.11 Å². The van der Waals surface area contributed by atoms with E-state index in [2.05, 4.69) is 10.6 Å². The fourth-order valence-electron chi connectivity index (χ4n) is 0.648. The summed E-state index contributed by atoms with van der Waals surface area (Å²) in [6, 6.07) is 0. The minimum Gasteiger partial charge on any atom is -0.477 e. The van der Waals surface area contributed by atoms with E-state index >= 15 is 0 Å². The van der Waals surface area contributed by atoms with Crippen molar-refractivity contribution in [3.63, 3.8) is 0 Å². The van der Waals surface area contributed by atoms with Gasteiger partial charge in [0.25, 0.3) is 0 Å².